The summed E-state index contributed by atoms with van der Waals surface area (Å²) in [4.78, 5) is 13.8. The summed E-state index contributed by atoms with van der Waals surface area (Å²) in [6.45, 7) is 5.75. The molecule has 0 saturated heterocycles. The summed E-state index contributed by atoms with van der Waals surface area (Å²) in [5, 5.41) is 0. The third-order valence-corrected chi connectivity index (χ3v) is 3.73. The maximum Gasteiger partial charge on any atom is 0.414 e. The first-order chi connectivity index (χ1) is 10.1. The Balaban J connectivity index is 2.20. The van der Waals surface area contributed by atoms with E-state index in [0.29, 0.717) is 6.54 Å². The average molecular weight is 327 g/mol. The minimum absolute atomic E-state index is 0.00907. The first-order valence-corrected chi connectivity index (χ1v) is 8.82. The van der Waals surface area contributed by atoms with Crippen LogP contribution in [-0.2, 0) is 19.0 Å². The first kappa shape index (κ1) is 16.8. The van der Waals surface area contributed by atoms with Gasteiger partial charge in [0.15, 0.2) is 0 Å². The Hall–Kier alpha value is -1.60. The number of carbonyl (C=O) groups is 1. The third kappa shape index (κ3) is 4.20. The summed E-state index contributed by atoms with van der Waals surface area (Å²) in [5.74, 6) is -0.196. The van der Waals surface area contributed by atoms with E-state index in [1.807, 2.05) is 24.3 Å². The summed E-state index contributed by atoms with van der Waals surface area (Å²) < 4.78 is 32.6. The van der Waals surface area contributed by atoms with Crippen molar-refractivity contribution in [3.05, 3.63) is 29.8 Å². The minimum atomic E-state index is -3.52. The molecule has 1 aliphatic heterocycles. The normalized spacial score (nSPS) is 18.2. The van der Waals surface area contributed by atoms with E-state index in [9.17, 15) is 13.2 Å². The maximum absolute atomic E-state index is 12.3. The summed E-state index contributed by atoms with van der Waals surface area (Å²) in [6, 6.07) is 7.37. The van der Waals surface area contributed by atoms with Crippen molar-refractivity contribution in [3.63, 3.8) is 0 Å². The van der Waals surface area contributed by atoms with E-state index >= 15 is 0 Å². The number of nitrogens with zero attached hydrogens (tertiary/aromatic N) is 1. The van der Waals surface area contributed by atoms with Gasteiger partial charge < -0.3 is 4.74 Å². The van der Waals surface area contributed by atoms with E-state index in [1.165, 1.54) is 4.90 Å². The van der Waals surface area contributed by atoms with Gasteiger partial charge in [0.25, 0.3) is 10.1 Å². The van der Waals surface area contributed by atoms with Gasteiger partial charge >= 0.3 is 6.09 Å². The molecule has 1 unspecified atom stereocenters. The molecule has 0 saturated carbocycles. The Bertz CT molecular complexity index is 663. The zero-order chi connectivity index (χ0) is 16.5. The molecule has 0 bridgehead atoms. The standard InChI is InChI=1S/C15H21NO5S/c1-15(2,3)21-14(17)16-9-11(10-20-22(4,18)19)12-7-5-6-8-13(12)16/h5-8,11H,9-10H2,1-4H3. The van der Waals surface area contributed by atoms with Crippen LogP contribution in [-0.4, -0.2) is 39.5 Å². The number of para-hydroxylation sites is 1. The lowest BCUT2D eigenvalue weighted by Crippen LogP contribution is -2.36. The molecular weight excluding hydrogens is 306 g/mol. The largest absolute Gasteiger partial charge is 0.443 e. The smallest absolute Gasteiger partial charge is 0.414 e. The number of amides is 1. The number of ether oxygens (including phenoxy) is 1. The van der Waals surface area contributed by atoms with Crippen LogP contribution in [0.4, 0.5) is 10.5 Å². The van der Waals surface area contributed by atoms with Crippen LogP contribution in [0.1, 0.15) is 32.3 Å². The van der Waals surface area contributed by atoms with Crippen molar-refractivity contribution < 1.29 is 22.1 Å². The van der Waals surface area contributed by atoms with Gasteiger partial charge in [0.2, 0.25) is 0 Å². The van der Waals surface area contributed by atoms with Crippen molar-refractivity contribution in [1.82, 2.24) is 0 Å². The highest BCUT2D eigenvalue weighted by molar-refractivity contribution is 7.85. The van der Waals surface area contributed by atoms with E-state index in [2.05, 4.69) is 0 Å². The number of carbonyl (C=O) groups excluding carboxylic acids is 1. The lowest BCUT2D eigenvalue weighted by Gasteiger charge is -2.25. The van der Waals surface area contributed by atoms with Crippen LogP contribution in [0.3, 0.4) is 0 Å². The monoisotopic (exact) mass is 327 g/mol. The van der Waals surface area contributed by atoms with Crippen LogP contribution < -0.4 is 4.90 Å². The quantitative estimate of drug-likeness (QED) is 0.798. The van der Waals surface area contributed by atoms with Crippen molar-refractivity contribution in [2.75, 3.05) is 24.3 Å². The second-order valence-electron chi connectivity index (χ2n) is 6.34. The lowest BCUT2D eigenvalue weighted by atomic mass is 10.0. The Morgan fingerprint density at radius 3 is 2.55 bits per heavy atom. The van der Waals surface area contributed by atoms with Gasteiger partial charge in [-0.1, -0.05) is 18.2 Å². The molecule has 2 rings (SSSR count). The Kier molecular flexibility index (Phi) is 4.49. The summed E-state index contributed by atoms with van der Waals surface area (Å²) >= 11 is 0. The van der Waals surface area contributed by atoms with E-state index in [4.69, 9.17) is 8.92 Å². The van der Waals surface area contributed by atoms with Gasteiger partial charge in [0, 0.05) is 12.5 Å². The van der Waals surface area contributed by atoms with Crippen molar-refractivity contribution in [2.45, 2.75) is 32.3 Å². The van der Waals surface area contributed by atoms with Crippen molar-refractivity contribution >= 4 is 21.9 Å². The number of anilines is 1. The zero-order valence-electron chi connectivity index (χ0n) is 13.2. The summed E-state index contributed by atoms with van der Waals surface area (Å²) in [5.41, 5.74) is 1.03. The second-order valence-corrected chi connectivity index (χ2v) is 7.98. The molecule has 22 heavy (non-hydrogen) atoms. The Labute approximate surface area is 131 Å². The van der Waals surface area contributed by atoms with Crippen LogP contribution in [0.25, 0.3) is 0 Å². The highest BCUT2D eigenvalue weighted by Crippen LogP contribution is 2.37. The molecule has 1 aromatic carbocycles. The minimum Gasteiger partial charge on any atom is -0.443 e. The first-order valence-electron chi connectivity index (χ1n) is 7.01. The fourth-order valence-electron chi connectivity index (χ4n) is 2.33. The van der Waals surface area contributed by atoms with Crippen molar-refractivity contribution in [2.24, 2.45) is 0 Å². The van der Waals surface area contributed by atoms with Gasteiger partial charge in [-0.05, 0) is 32.4 Å². The highest BCUT2D eigenvalue weighted by Gasteiger charge is 2.35. The van der Waals surface area contributed by atoms with Crippen LogP contribution in [0, 0.1) is 0 Å². The van der Waals surface area contributed by atoms with E-state index in [-0.39, 0.29) is 12.5 Å². The van der Waals surface area contributed by atoms with E-state index in [0.717, 1.165) is 17.5 Å². The molecule has 0 spiro atoms. The molecule has 0 N–H and O–H groups in total. The number of rotatable bonds is 3. The molecule has 1 atom stereocenters. The molecule has 1 heterocycles. The van der Waals surface area contributed by atoms with Crippen LogP contribution in [0.15, 0.2) is 24.3 Å². The van der Waals surface area contributed by atoms with Gasteiger partial charge in [-0.25, -0.2) is 4.79 Å². The molecule has 0 aromatic heterocycles. The third-order valence-electron chi connectivity index (χ3n) is 3.17. The number of fused-ring (bicyclic) bond motifs is 1. The van der Waals surface area contributed by atoms with Crippen molar-refractivity contribution in [3.8, 4) is 0 Å². The fourth-order valence-corrected chi connectivity index (χ4v) is 2.75. The molecule has 7 heteroatoms. The molecule has 0 aliphatic carbocycles. The molecule has 6 nitrogen and oxygen atoms in total. The van der Waals surface area contributed by atoms with Crippen LogP contribution in [0.5, 0.6) is 0 Å². The second kappa shape index (κ2) is 5.89. The highest BCUT2D eigenvalue weighted by atomic mass is 32.2. The van der Waals surface area contributed by atoms with Gasteiger partial charge in [0.05, 0.1) is 18.6 Å². The van der Waals surface area contributed by atoms with Gasteiger partial charge in [-0.3, -0.25) is 9.08 Å². The Morgan fingerprint density at radius 1 is 1.32 bits per heavy atom. The molecule has 0 radical (unpaired) electrons. The molecule has 1 aliphatic rings. The SMILES string of the molecule is CC(C)(C)OC(=O)N1CC(COS(C)(=O)=O)c2ccccc21. The molecule has 122 valence electrons. The topological polar surface area (TPSA) is 72.9 Å². The maximum atomic E-state index is 12.3. The van der Waals surface area contributed by atoms with Gasteiger partial charge in [-0.2, -0.15) is 8.42 Å². The average Bonchev–Trinajstić information content (AvgIpc) is 2.72. The number of hydrogen-bond donors (Lipinski definition) is 0. The zero-order valence-corrected chi connectivity index (χ0v) is 14.0. The molecular formula is C15H21NO5S. The molecule has 1 aromatic rings. The van der Waals surface area contributed by atoms with Gasteiger partial charge in [-0.15, -0.1) is 0 Å². The number of hydrogen-bond acceptors (Lipinski definition) is 5. The number of benzene rings is 1. The predicted octanol–water partition coefficient (Wildman–Crippen LogP) is 2.50. The van der Waals surface area contributed by atoms with Crippen LogP contribution in [0.2, 0.25) is 0 Å². The van der Waals surface area contributed by atoms with Gasteiger partial charge in [0.1, 0.15) is 5.60 Å². The predicted molar refractivity (Wildman–Crippen MR) is 83.6 cm³/mol. The Morgan fingerprint density at radius 2 is 1.95 bits per heavy atom. The van der Waals surface area contributed by atoms with Crippen molar-refractivity contribution in [1.29, 1.82) is 0 Å². The summed E-state index contributed by atoms with van der Waals surface area (Å²) in [7, 11) is -3.52. The lowest BCUT2D eigenvalue weighted by molar-refractivity contribution is 0.0581. The molecule has 1 amide bonds. The van der Waals surface area contributed by atoms with E-state index in [1.54, 1.807) is 20.8 Å². The van der Waals surface area contributed by atoms with E-state index < -0.39 is 21.8 Å². The molecule has 0 fully saturated rings. The van der Waals surface area contributed by atoms with Crippen LogP contribution >= 0.6 is 0 Å². The summed E-state index contributed by atoms with van der Waals surface area (Å²) in [6.07, 6.45) is 0.571. The fraction of sp³-hybridized carbons (Fsp3) is 0.533.